The van der Waals surface area contributed by atoms with Crippen LogP contribution in [0.15, 0.2) is 0 Å². The van der Waals surface area contributed by atoms with Crippen LogP contribution in [0, 0.1) is 5.92 Å². The molecule has 1 aliphatic rings. The predicted molar refractivity (Wildman–Crippen MR) is 62.9 cm³/mol. The molecule has 5 nitrogen and oxygen atoms in total. The molecule has 1 heterocycles. The molecule has 6 heteroatoms. The van der Waals surface area contributed by atoms with Crippen molar-refractivity contribution < 1.29 is 13.2 Å². The van der Waals surface area contributed by atoms with Crippen LogP contribution in [0.4, 0.5) is 0 Å². The number of hydrogen-bond acceptors (Lipinski definition) is 4. The quantitative estimate of drug-likeness (QED) is 0.727. The van der Waals surface area contributed by atoms with Crippen LogP contribution in [0.5, 0.6) is 0 Å². The topological polar surface area (TPSA) is 66.5 Å². The molecule has 16 heavy (non-hydrogen) atoms. The van der Waals surface area contributed by atoms with Gasteiger partial charge in [-0.2, -0.15) is 0 Å². The molecule has 0 spiro atoms. The molecule has 0 aromatic rings. The highest BCUT2D eigenvalue weighted by atomic mass is 32.2. The number of nitrogens with one attached hydrogen (secondary N) is 1. The van der Waals surface area contributed by atoms with Gasteiger partial charge in [0, 0.05) is 19.3 Å². The van der Waals surface area contributed by atoms with Gasteiger partial charge in [0.05, 0.1) is 0 Å². The molecule has 1 atom stereocenters. The zero-order valence-electron chi connectivity index (χ0n) is 9.90. The molecule has 1 aliphatic heterocycles. The maximum absolute atomic E-state index is 11.7. The highest BCUT2D eigenvalue weighted by Gasteiger charge is 2.24. The van der Waals surface area contributed by atoms with E-state index in [4.69, 9.17) is 0 Å². The summed E-state index contributed by atoms with van der Waals surface area (Å²) in [5.74, 6) is -0.176. The van der Waals surface area contributed by atoms with E-state index < -0.39 is 9.84 Å². The van der Waals surface area contributed by atoms with Gasteiger partial charge in [0.2, 0.25) is 5.91 Å². The lowest BCUT2D eigenvalue weighted by Crippen LogP contribution is -2.44. The van der Waals surface area contributed by atoms with Gasteiger partial charge in [-0.1, -0.05) is 0 Å². The molecule has 1 rings (SSSR count). The molecule has 1 N–H and O–H groups in total. The van der Waals surface area contributed by atoms with Gasteiger partial charge in [-0.3, -0.25) is 4.79 Å². The van der Waals surface area contributed by atoms with E-state index in [9.17, 15) is 13.2 Å². The summed E-state index contributed by atoms with van der Waals surface area (Å²) in [5, 5.41) is 3.09. The van der Waals surface area contributed by atoms with Crippen molar-refractivity contribution in [3.05, 3.63) is 0 Å². The summed E-state index contributed by atoms with van der Waals surface area (Å²) in [6.45, 7) is 2.24. The van der Waals surface area contributed by atoms with Gasteiger partial charge in [-0.25, -0.2) is 8.42 Å². The highest BCUT2D eigenvalue weighted by molar-refractivity contribution is 7.91. The Morgan fingerprint density at radius 3 is 2.75 bits per heavy atom. The second kappa shape index (κ2) is 5.63. The maximum Gasteiger partial charge on any atom is 0.237 e. The van der Waals surface area contributed by atoms with E-state index in [1.54, 1.807) is 4.90 Å². The van der Waals surface area contributed by atoms with Crippen LogP contribution in [-0.4, -0.2) is 57.9 Å². The number of sulfone groups is 1. The van der Waals surface area contributed by atoms with Crippen molar-refractivity contribution in [3.63, 3.8) is 0 Å². The number of rotatable bonds is 4. The Hall–Kier alpha value is -0.620. The zero-order valence-corrected chi connectivity index (χ0v) is 10.7. The standard InChI is InChI=1S/C10H20N2O3S/c1-11-6-9-4-3-5-12(7-9)10(13)8-16(2,14)15/h9,11H,3-8H2,1-2H3. The van der Waals surface area contributed by atoms with Crippen LogP contribution >= 0.6 is 0 Å². The second-order valence-electron chi connectivity index (χ2n) is 4.48. The van der Waals surface area contributed by atoms with E-state index in [1.807, 2.05) is 7.05 Å². The zero-order chi connectivity index (χ0) is 12.2. The fraction of sp³-hybridized carbons (Fsp3) is 0.900. The SMILES string of the molecule is CNCC1CCCN(C(=O)CS(C)(=O)=O)C1. The Labute approximate surface area is 97.1 Å². The molecule has 1 unspecified atom stereocenters. The first kappa shape index (κ1) is 13.4. The van der Waals surface area contributed by atoms with Gasteiger partial charge in [0.25, 0.3) is 0 Å². The van der Waals surface area contributed by atoms with Crippen molar-refractivity contribution in [2.75, 3.05) is 38.7 Å². The van der Waals surface area contributed by atoms with Crippen LogP contribution in [-0.2, 0) is 14.6 Å². The second-order valence-corrected chi connectivity index (χ2v) is 6.62. The molecule has 0 saturated carbocycles. The summed E-state index contributed by atoms with van der Waals surface area (Å²) in [7, 11) is -1.32. The monoisotopic (exact) mass is 248 g/mol. The minimum absolute atomic E-state index is 0.261. The molecular weight excluding hydrogens is 228 g/mol. The summed E-state index contributed by atoms with van der Waals surface area (Å²) in [5.41, 5.74) is 0. The van der Waals surface area contributed by atoms with Crippen molar-refractivity contribution in [1.82, 2.24) is 10.2 Å². The minimum Gasteiger partial charge on any atom is -0.341 e. The summed E-state index contributed by atoms with van der Waals surface area (Å²) in [4.78, 5) is 13.4. The Balaban J connectivity index is 2.50. The van der Waals surface area contributed by atoms with Crippen LogP contribution in [0.3, 0.4) is 0 Å². The van der Waals surface area contributed by atoms with E-state index in [-0.39, 0.29) is 11.7 Å². The molecule has 94 valence electrons. The van der Waals surface area contributed by atoms with Gasteiger partial charge >= 0.3 is 0 Å². The number of amides is 1. The lowest BCUT2D eigenvalue weighted by molar-refractivity contribution is -0.130. The fourth-order valence-electron chi connectivity index (χ4n) is 2.06. The Kier molecular flexibility index (Phi) is 4.73. The first-order valence-electron chi connectivity index (χ1n) is 5.52. The summed E-state index contributed by atoms with van der Waals surface area (Å²) in [6, 6.07) is 0. The van der Waals surface area contributed by atoms with Gasteiger partial charge in [-0.05, 0) is 32.4 Å². The highest BCUT2D eigenvalue weighted by Crippen LogP contribution is 2.15. The molecule has 0 aromatic carbocycles. The van der Waals surface area contributed by atoms with Crippen LogP contribution in [0.1, 0.15) is 12.8 Å². The predicted octanol–water partition coefficient (Wildman–Crippen LogP) is -0.511. The van der Waals surface area contributed by atoms with Crippen molar-refractivity contribution >= 4 is 15.7 Å². The maximum atomic E-state index is 11.7. The fourth-order valence-corrected chi connectivity index (χ4v) is 2.69. The smallest absolute Gasteiger partial charge is 0.237 e. The Morgan fingerprint density at radius 2 is 2.19 bits per heavy atom. The molecule has 1 saturated heterocycles. The van der Waals surface area contributed by atoms with Crippen molar-refractivity contribution in [3.8, 4) is 0 Å². The number of carbonyl (C=O) groups is 1. The number of nitrogens with zero attached hydrogens (tertiary/aromatic N) is 1. The Bertz CT molecular complexity index is 338. The molecule has 0 bridgehead atoms. The largest absolute Gasteiger partial charge is 0.341 e. The first-order chi connectivity index (χ1) is 7.42. The molecular formula is C10H20N2O3S. The lowest BCUT2D eigenvalue weighted by atomic mass is 9.98. The number of piperidine rings is 1. The molecule has 0 radical (unpaired) electrons. The molecule has 0 aliphatic carbocycles. The van der Waals surface area contributed by atoms with Crippen molar-refractivity contribution in [2.24, 2.45) is 5.92 Å². The summed E-state index contributed by atoms with van der Waals surface area (Å²) >= 11 is 0. The van der Waals surface area contributed by atoms with Gasteiger partial charge < -0.3 is 10.2 Å². The third-order valence-electron chi connectivity index (χ3n) is 2.75. The first-order valence-corrected chi connectivity index (χ1v) is 7.58. The minimum atomic E-state index is -3.21. The number of hydrogen-bond donors (Lipinski definition) is 1. The summed E-state index contributed by atoms with van der Waals surface area (Å²) in [6.07, 6.45) is 3.16. The Morgan fingerprint density at radius 1 is 1.50 bits per heavy atom. The van der Waals surface area contributed by atoms with Crippen LogP contribution < -0.4 is 5.32 Å². The van der Waals surface area contributed by atoms with E-state index >= 15 is 0 Å². The third-order valence-corrected chi connectivity index (χ3v) is 3.52. The van der Waals surface area contributed by atoms with Crippen molar-refractivity contribution in [1.29, 1.82) is 0 Å². The summed E-state index contributed by atoms with van der Waals surface area (Å²) < 4.78 is 22.1. The molecule has 1 fully saturated rings. The average Bonchev–Trinajstić information content (AvgIpc) is 2.16. The molecule has 0 aromatic heterocycles. The van der Waals surface area contributed by atoms with Crippen LogP contribution in [0.25, 0.3) is 0 Å². The van der Waals surface area contributed by atoms with Crippen LogP contribution in [0.2, 0.25) is 0 Å². The molecule has 1 amide bonds. The van der Waals surface area contributed by atoms with Crippen molar-refractivity contribution in [2.45, 2.75) is 12.8 Å². The normalized spacial score (nSPS) is 22.1. The van der Waals surface area contributed by atoms with Gasteiger partial charge in [0.15, 0.2) is 9.84 Å². The number of likely N-dealkylation sites (tertiary alicyclic amines) is 1. The lowest BCUT2D eigenvalue weighted by Gasteiger charge is -2.32. The van der Waals surface area contributed by atoms with E-state index in [1.165, 1.54) is 0 Å². The average molecular weight is 248 g/mol. The van der Waals surface area contributed by atoms with E-state index in [2.05, 4.69) is 5.32 Å². The van der Waals surface area contributed by atoms with Gasteiger partial charge in [0.1, 0.15) is 5.75 Å². The van der Waals surface area contributed by atoms with E-state index in [0.29, 0.717) is 19.0 Å². The third kappa shape index (κ3) is 4.49. The van der Waals surface area contributed by atoms with Gasteiger partial charge in [-0.15, -0.1) is 0 Å². The van der Waals surface area contributed by atoms with E-state index in [0.717, 1.165) is 25.6 Å². The number of carbonyl (C=O) groups excluding carboxylic acids is 1.